The topological polar surface area (TPSA) is 58.4 Å². The standard InChI is InChI=1S/C16H31N3O/c1-3-14-8-6-5-7-11-19(14)12-16(15(17)20,18-4-2)13-9-10-13/h13-14,18H,3-12H2,1-2H3,(H2,17,20). The maximum Gasteiger partial charge on any atom is 0.239 e. The third kappa shape index (κ3) is 3.34. The second kappa shape index (κ2) is 6.90. The highest BCUT2D eigenvalue weighted by molar-refractivity contribution is 5.86. The van der Waals surface area contributed by atoms with Gasteiger partial charge in [-0.25, -0.2) is 0 Å². The molecule has 2 aliphatic rings. The van der Waals surface area contributed by atoms with Crippen molar-refractivity contribution in [2.75, 3.05) is 19.6 Å². The molecule has 116 valence electrons. The van der Waals surface area contributed by atoms with Crippen LogP contribution in [0.5, 0.6) is 0 Å². The Labute approximate surface area is 123 Å². The predicted octanol–water partition coefficient (Wildman–Crippen LogP) is 1.88. The van der Waals surface area contributed by atoms with Crippen molar-refractivity contribution < 1.29 is 4.79 Å². The summed E-state index contributed by atoms with van der Waals surface area (Å²) in [5.74, 6) is 0.293. The van der Waals surface area contributed by atoms with Crippen molar-refractivity contribution in [1.29, 1.82) is 0 Å². The van der Waals surface area contributed by atoms with E-state index in [1.165, 1.54) is 32.1 Å². The van der Waals surface area contributed by atoms with E-state index < -0.39 is 5.54 Å². The first-order valence-corrected chi connectivity index (χ1v) is 8.43. The van der Waals surface area contributed by atoms with Gasteiger partial charge >= 0.3 is 0 Å². The van der Waals surface area contributed by atoms with E-state index in [4.69, 9.17) is 5.73 Å². The minimum Gasteiger partial charge on any atom is -0.368 e. The fraction of sp³-hybridized carbons (Fsp3) is 0.938. The van der Waals surface area contributed by atoms with E-state index >= 15 is 0 Å². The molecule has 1 heterocycles. The second-order valence-corrected chi connectivity index (χ2v) is 6.52. The van der Waals surface area contributed by atoms with E-state index in [9.17, 15) is 4.79 Å². The van der Waals surface area contributed by atoms with Gasteiger partial charge in [-0.1, -0.05) is 26.7 Å². The van der Waals surface area contributed by atoms with Crippen molar-refractivity contribution in [3.8, 4) is 0 Å². The molecule has 0 aromatic carbocycles. The number of likely N-dealkylation sites (N-methyl/N-ethyl adjacent to an activating group) is 1. The number of likely N-dealkylation sites (tertiary alicyclic amines) is 1. The number of carbonyl (C=O) groups excluding carboxylic acids is 1. The molecule has 1 saturated heterocycles. The summed E-state index contributed by atoms with van der Waals surface area (Å²) in [7, 11) is 0. The average molecular weight is 281 g/mol. The van der Waals surface area contributed by atoms with Crippen molar-refractivity contribution in [3.05, 3.63) is 0 Å². The SMILES string of the molecule is CCNC(CN1CCCCCC1CC)(C(N)=O)C1CC1. The molecule has 1 amide bonds. The summed E-state index contributed by atoms with van der Waals surface area (Å²) in [4.78, 5) is 14.7. The van der Waals surface area contributed by atoms with Crippen LogP contribution in [-0.2, 0) is 4.79 Å². The molecule has 3 N–H and O–H groups in total. The summed E-state index contributed by atoms with van der Waals surface area (Å²) in [5.41, 5.74) is 5.32. The van der Waals surface area contributed by atoms with Crippen LogP contribution >= 0.6 is 0 Å². The van der Waals surface area contributed by atoms with Crippen molar-refractivity contribution in [2.45, 2.75) is 70.4 Å². The van der Waals surface area contributed by atoms with E-state index in [2.05, 4.69) is 24.1 Å². The zero-order chi connectivity index (χ0) is 14.6. The fourth-order valence-corrected chi connectivity index (χ4v) is 3.81. The molecule has 0 aromatic heterocycles. The summed E-state index contributed by atoms with van der Waals surface area (Å²) in [6.45, 7) is 7.06. The smallest absolute Gasteiger partial charge is 0.239 e. The minimum atomic E-state index is -0.494. The number of nitrogens with zero attached hydrogens (tertiary/aromatic N) is 1. The van der Waals surface area contributed by atoms with Crippen molar-refractivity contribution in [3.63, 3.8) is 0 Å². The lowest BCUT2D eigenvalue weighted by molar-refractivity contribution is -0.126. The molecular weight excluding hydrogens is 250 g/mol. The molecule has 0 bridgehead atoms. The largest absolute Gasteiger partial charge is 0.368 e. The van der Waals surface area contributed by atoms with Gasteiger partial charge in [-0.2, -0.15) is 0 Å². The van der Waals surface area contributed by atoms with Gasteiger partial charge in [0.2, 0.25) is 5.91 Å². The molecule has 1 saturated carbocycles. The number of nitrogens with one attached hydrogen (secondary N) is 1. The number of hydrogen-bond acceptors (Lipinski definition) is 3. The summed E-state index contributed by atoms with van der Waals surface area (Å²) < 4.78 is 0. The van der Waals surface area contributed by atoms with E-state index in [1.807, 2.05) is 0 Å². The van der Waals surface area contributed by atoms with Gasteiger partial charge in [-0.05, 0) is 51.1 Å². The van der Waals surface area contributed by atoms with Crippen LogP contribution in [0.25, 0.3) is 0 Å². The van der Waals surface area contributed by atoms with Crippen LogP contribution in [-0.4, -0.2) is 42.0 Å². The zero-order valence-corrected chi connectivity index (χ0v) is 13.2. The Balaban J connectivity index is 2.14. The zero-order valence-electron chi connectivity index (χ0n) is 13.2. The number of amides is 1. The van der Waals surface area contributed by atoms with Gasteiger partial charge in [0.15, 0.2) is 0 Å². The van der Waals surface area contributed by atoms with Crippen LogP contribution in [0, 0.1) is 5.92 Å². The quantitative estimate of drug-likeness (QED) is 0.749. The molecule has 1 aliphatic carbocycles. The Bertz CT molecular complexity index is 330. The Morgan fingerprint density at radius 1 is 1.25 bits per heavy atom. The molecule has 1 aliphatic heterocycles. The van der Waals surface area contributed by atoms with Gasteiger partial charge in [0.1, 0.15) is 5.54 Å². The second-order valence-electron chi connectivity index (χ2n) is 6.52. The van der Waals surface area contributed by atoms with E-state index in [1.54, 1.807) is 0 Å². The molecule has 4 heteroatoms. The molecule has 0 spiro atoms. The van der Waals surface area contributed by atoms with Crippen molar-refractivity contribution >= 4 is 5.91 Å². The molecule has 2 fully saturated rings. The van der Waals surface area contributed by atoms with Crippen LogP contribution in [0.3, 0.4) is 0 Å². The lowest BCUT2D eigenvalue weighted by Crippen LogP contribution is -2.64. The molecular formula is C16H31N3O. The fourth-order valence-electron chi connectivity index (χ4n) is 3.81. The van der Waals surface area contributed by atoms with Crippen LogP contribution in [0.4, 0.5) is 0 Å². The summed E-state index contributed by atoms with van der Waals surface area (Å²) >= 11 is 0. The minimum absolute atomic E-state index is 0.152. The first-order chi connectivity index (χ1) is 9.64. The predicted molar refractivity (Wildman–Crippen MR) is 82.4 cm³/mol. The third-order valence-corrected chi connectivity index (χ3v) is 5.13. The average Bonchev–Trinajstić information content (AvgIpc) is 3.25. The summed E-state index contributed by atoms with van der Waals surface area (Å²) in [6, 6.07) is 0.619. The lowest BCUT2D eigenvalue weighted by Gasteiger charge is -2.40. The van der Waals surface area contributed by atoms with Crippen molar-refractivity contribution in [2.24, 2.45) is 11.7 Å². The van der Waals surface area contributed by atoms with Crippen molar-refractivity contribution in [1.82, 2.24) is 10.2 Å². The maximum absolute atomic E-state index is 12.2. The molecule has 2 unspecified atom stereocenters. The lowest BCUT2D eigenvalue weighted by atomic mass is 9.90. The van der Waals surface area contributed by atoms with E-state index in [0.717, 1.165) is 32.5 Å². The van der Waals surface area contributed by atoms with E-state index in [0.29, 0.717) is 12.0 Å². The van der Waals surface area contributed by atoms with Gasteiger partial charge in [0.05, 0.1) is 0 Å². The van der Waals surface area contributed by atoms with Gasteiger partial charge < -0.3 is 11.1 Å². The van der Waals surface area contributed by atoms with E-state index in [-0.39, 0.29) is 5.91 Å². The number of nitrogens with two attached hydrogens (primary N) is 1. The number of primary amides is 1. The van der Waals surface area contributed by atoms with Crippen LogP contribution in [0.1, 0.15) is 58.8 Å². The molecule has 2 atom stereocenters. The molecule has 0 aromatic rings. The summed E-state index contributed by atoms with van der Waals surface area (Å²) in [5, 5.41) is 3.45. The molecule has 0 radical (unpaired) electrons. The van der Waals surface area contributed by atoms with Crippen LogP contribution in [0.2, 0.25) is 0 Å². The molecule has 2 rings (SSSR count). The van der Waals surface area contributed by atoms with Crippen LogP contribution < -0.4 is 11.1 Å². The number of carbonyl (C=O) groups is 1. The van der Waals surface area contributed by atoms with Gasteiger partial charge in [0.25, 0.3) is 0 Å². The normalized spacial score (nSPS) is 27.8. The first kappa shape index (κ1) is 15.8. The maximum atomic E-state index is 12.2. The van der Waals surface area contributed by atoms with Gasteiger partial charge in [0, 0.05) is 12.6 Å². The molecule has 4 nitrogen and oxygen atoms in total. The van der Waals surface area contributed by atoms with Gasteiger partial charge in [-0.3, -0.25) is 9.69 Å². The third-order valence-electron chi connectivity index (χ3n) is 5.13. The monoisotopic (exact) mass is 281 g/mol. The highest BCUT2D eigenvalue weighted by Gasteiger charge is 2.50. The summed E-state index contributed by atoms with van der Waals surface area (Å²) in [6.07, 6.45) is 8.61. The number of hydrogen-bond donors (Lipinski definition) is 2. The highest BCUT2D eigenvalue weighted by Crippen LogP contribution is 2.41. The number of rotatable bonds is 7. The Morgan fingerprint density at radius 3 is 2.55 bits per heavy atom. The molecule has 20 heavy (non-hydrogen) atoms. The first-order valence-electron chi connectivity index (χ1n) is 8.43. The van der Waals surface area contributed by atoms with Crippen LogP contribution in [0.15, 0.2) is 0 Å². The highest BCUT2D eigenvalue weighted by atomic mass is 16.1. The Hall–Kier alpha value is -0.610. The van der Waals surface area contributed by atoms with Gasteiger partial charge in [-0.15, -0.1) is 0 Å². The Morgan fingerprint density at radius 2 is 2.00 bits per heavy atom. The Kier molecular flexibility index (Phi) is 5.44.